The number of anilines is 2. The minimum atomic E-state index is -5.84. The number of nitrogens with zero attached hydrogens (tertiary/aromatic N) is 5. The summed E-state index contributed by atoms with van der Waals surface area (Å²) in [6, 6.07) is 9.42. The van der Waals surface area contributed by atoms with E-state index in [4.69, 9.17) is 14.6 Å². The van der Waals surface area contributed by atoms with E-state index < -0.39 is 61.5 Å². The summed E-state index contributed by atoms with van der Waals surface area (Å²) in [5, 5.41) is 10.7. The number of hydrogen-bond donors (Lipinski definition) is 2. The first-order chi connectivity index (χ1) is 32.3. The largest absolute Gasteiger partial charge is 0.573 e. The maximum atomic E-state index is 13.0. The molecule has 13 nitrogen and oxygen atoms in total. The zero-order chi connectivity index (χ0) is 52.3. The summed E-state index contributed by atoms with van der Waals surface area (Å²) < 4.78 is 242. The molecule has 4 aliphatic heterocycles. The van der Waals surface area contributed by atoms with Crippen LogP contribution in [0.15, 0.2) is 36.4 Å². The summed E-state index contributed by atoms with van der Waals surface area (Å²) in [5.74, 6) is -0.545. The van der Waals surface area contributed by atoms with Gasteiger partial charge in [-0.3, -0.25) is 9.80 Å². The first-order valence-electron chi connectivity index (χ1n) is 20.8. The predicted molar refractivity (Wildman–Crippen MR) is 208 cm³/mol. The highest BCUT2D eigenvalue weighted by atomic mass is 19.4. The molecule has 0 bridgehead atoms. The number of aliphatic hydroxyl groups excluding tert-OH is 1. The number of amides is 1. The zero-order valence-corrected chi connectivity index (χ0v) is 36.3. The standard InChI is InChI=1S/C20H22F9N3O4.C16H22F3N3O2.C3H2F6O/c21-18(22,23)16(19(24,25)26)35-17(33)32-5-3-30(4-6-32)12-13-1-2-14(31-7-9-34-10-8-31)11-15(13)36-20(27,28)29;17-16(18,19)24-15-11-14(22-7-9-23-10-8-22)2-1-13(15)12-21-5-3-20-4-6-21;4-2(5,6)1(10)3(7,8)9/h1-2,11,16H,3-10,12H2;1-2,11,20H,3-10,12H2;1,10H. The number of morpholine rings is 2. The fourth-order valence-electron chi connectivity index (χ4n) is 6.94. The Morgan fingerprint density at radius 1 is 0.543 bits per heavy atom. The number of nitrogens with one attached hydrogen (secondary N) is 1. The Labute approximate surface area is 386 Å². The molecular formula is C39H46F18N6O7. The van der Waals surface area contributed by atoms with Crippen molar-refractivity contribution in [3.8, 4) is 11.5 Å². The van der Waals surface area contributed by atoms with Crippen molar-refractivity contribution in [1.29, 1.82) is 0 Å². The van der Waals surface area contributed by atoms with E-state index in [2.05, 4.69) is 24.4 Å². The Morgan fingerprint density at radius 3 is 1.24 bits per heavy atom. The lowest BCUT2D eigenvalue weighted by atomic mass is 10.1. The van der Waals surface area contributed by atoms with Crippen LogP contribution in [0.1, 0.15) is 11.1 Å². The van der Waals surface area contributed by atoms with Crippen LogP contribution in [-0.2, 0) is 27.3 Å². The lowest BCUT2D eigenvalue weighted by Gasteiger charge is -2.35. The monoisotopic (exact) mass is 1050 g/mol. The van der Waals surface area contributed by atoms with Crippen LogP contribution in [0.2, 0.25) is 0 Å². The Kier molecular flexibility index (Phi) is 20.1. The van der Waals surface area contributed by atoms with Gasteiger partial charge in [-0.05, 0) is 12.1 Å². The van der Waals surface area contributed by atoms with Crippen molar-refractivity contribution in [2.24, 2.45) is 0 Å². The number of rotatable bonds is 9. The van der Waals surface area contributed by atoms with Gasteiger partial charge in [0.25, 0.3) is 6.10 Å². The van der Waals surface area contributed by atoms with Crippen LogP contribution in [0.25, 0.3) is 0 Å². The smallest absolute Gasteiger partial charge is 0.426 e. The van der Waals surface area contributed by atoms with Gasteiger partial charge >= 0.3 is 43.5 Å². The summed E-state index contributed by atoms with van der Waals surface area (Å²) in [4.78, 5) is 20.1. The van der Waals surface area contributed by atoms with E-state index in [-0.39, 0.29) is 44.0 Å². The Morgan fingerprint density at radius 2 is 0.914 bits per heavy atom. The van der Waals surface area contributed by atoms with Gasteiger partial charge in [-0.25, -0.2) is 4.79 Å². The maximum absolute atomic E-state index is 13.0. The summed E-state index contributed by atoms with van der Waals surface area (Å²) in [7, 11) is 0. The molecule has 4 heterocycles. The number of hydrogen-bond acceptors (Lipinski definition) is 12. The van der Waals surface area contributed by atoms with E-state index in [1.807, 2.05) is 15.9 Å². The van der Waals surface area contributed by atoms with Gasteiger partial charge < -0.3 is 48.8 Å². The van der Waals surface area contributed by atoms with E-state index >= 15 is 0 Å². The third-order valence-electron chi connectivity index (χ3n) is 10.4. The number of ether oxygens (including phenoxy) is 5. The summed E-state index contributed by atoms with van der Waals surface area (Å²) in [5.41, 5.74) is 1.96. The molecule has 70 heavy (non-hydrogen) atoms. The molecule has 4 fully saturated rings. The van der Waals surface area contributed by atoms with Gasteiger partial charge in [0.05, 0.1) is 26.4 Å². The predicted octanol–water partition coefficient (Wildman–Crippen LogP) is 7.47. The highest BCUT2D eigenvalue weighted by molar-refractivity contribution is 5.68. The highest BCUT2D eigenvalue weighted by Crippen LogP contribution is 2.38. The first-order valence-corrected chi connectivity index (χ1v) is 20.8. The average Bonchev–Trinajstić information content (AvgIpc) is 3.25. The quantitative estimate of drug-likeness (QED) is 0.243. The topological polar surface area (TPSA) is 112 Å². The van der Waals surface area contributed by atoms with Crippen molar-refractivity contribution in [1.82, 2.24) is 20.0 Å². The SMILES string of the molecule is FC(F)(F)Oc1cc(N2CCOCC2)ccc1CN1CCNCC1.O=C(OC(C(F)(F)F)C(F)(F)F)N1CCN(Cc2ccc(N3CCOCC3)cc2OC(F)(F)F)CC1.OC(C(F)(F)F)C(F)(F)F. The number of alkyl halides is 18. The Bertz CT molecular complexity index is 1900. The van der Waals surface area contributed by atoms with Gasteiger partial charge in [0, 0.05) is 126 Å². The van der Waals surface area contributed by atoms with Crippen LogP contribution in [-0.4, -0.2) is 181 Å². The van der Waals surface area contributed by atoms with E-state index in [0.29, 0.717) is 75.3 Å². The van der Waals surface area contributed by atoms with E-state index in [9.17, 15) is 83.8 Å². The van der Waals surface area contributed by atoms with E-state index in [1.54, 1.807) is 17.0 Å². The maximum Gasteiger partial charge on any atom is 0.573 e. The van der Waals surface area contributed by atoms with Gasteiger partial charge in [0.15, 0.2) is 0 Å². The number of piperazine rings is 2. The molecule has 0 spiro atoms. The highest BCUT2D eigenvalue weighted by Gasteiger charge is 2.60. The summed E-state index contributed by atoms with van der Waals surface area (Å²) in [6.07, 6.45) is -42.9. The second kappa shape index (κ2) is 24.2. The lowest BCUT2D eigenvalue weighted by Crippen LogP contribution is -2.52. The van der Waals surface area contributed by atoms with E-state index in [0.717, 1.165) is 31.9 Å². The molecule has 6 rings (SSSR count). The second-order valence-corrected chi connectivity index (χ2v) is 15.5. The van der Waals surface area contributed by atoms with Crippen molar-refractivity contribution in [3.05, 3.63) is 47.5 Å². The molecular weight excluding hydrogens is 1010 g/mol. The Balaban J connectivity index is 0.000000268. The van der Waals surface area contributed by atoms with Crippen LogP contribution >= 0.6 is 0 Å². The van der Waals surface area contributed by atoms with Crippen LogP contribution in [0.3, 0.4) is 0 Å². The number of benzene rings is 2. The molecule has 1 amide bonds. The summed E-state index contributed by atoms with van der Waals surface area (Å²) in [6.45, 7) is 7.36. The van der Waals surface area contributed by atoms with Crippen LogP contribution in [0, 0.1) is 0 Å². The molecule has 0 atom stereocenters. The fraction of sp³-hybridized carbons (Fsp3) is 0.667. The normalized spacial score (nSPS) is 18.5. The van der Waals surface area contributed by atoms with Crippen LogP contribution in [0.4, 0.5) is 95.2 Å². The van der Waals surface area contributed by atoms with Crippen molar-refractivity contribution < 1.29 is 113 Å². The molecule has 4 saturated heterocycles. The zero-order valence-electron chi connectivity index (χ0n) is 36.3. The van der Waals surface area contributed by atoms with E-state index in [1.165, 1.54) is 18.2 Å². The number of aliphatic hydroxyl groups is 1. The molecule has 2 aromatic carbocycles. The molecule has 2 N–H and O–H groups in total. The number of carbonyl (C=O) groups excluding carboxylic acids is 1. The molecule has 2 aromatic rings. The third kappa shape index (κ3) is 19.2. The first kappa shape index (κ1) is 58.0. The molecule has 400 valence electrons. The second-order valence-electron chi connectivity index (χ2n) is 15.5. The van der Waals surface area contributed by atoms with Crippen molar-refractivity contribution in [2.45, 2.75) is 62.7 Å². The third-order valence-corrected chi connectivity index (χ3v) is 10.4. The van der Waals surface area contributed by atoms with Crippen molar-refractivity contribution in [3.63, 3.8) is 0 Å². The van der Waals surface area contributed by atoms with Crippen LogP contribution in [0.5, 0.6) is 11.5 Å². The minimum absolute atomic E-state index is 0.0333. The lowest BCUT2D eigenvalue weighted by molar-refractivity contribution is -0.309. The molecule has 0 aromatic heterocycles. The summed E-state index contributed by atoms with van der Waals surface area (Å²) >= 11 is 0. The molecule has 0 saturated carbocycles. The van der Waals surface area contributed by atoms with Gasteiger partial charge in [0.2, 0.25) is 6.10 Å². The number of carbonyl (C=O) groups is 1. The van der Waals surface area contributed by atoms with Gasteiger partial charge in [-0.1, -0.05) is 12.1 Å². The fourth-order valence-corrected chi connectivity index (χ4v) is 6.94. The molecule has 0 unspecified atom stereocenters. The molecule has 0 radical (unpaired) electrons. The van der Waals surface area contributed by atoms with Gasteiger partial charge in [-0.15, -0.1) is 26.3 Å². The van der Waals surface area contributed by atoms with Crippen LogP contribution < -0.4 is 24.6 Å². The van der Waals surface area contributed by atoms with Crippen molar-refractivity contribution >= 4 is 17.5 Å². The molecule has 0 aliphatic carbocycles. The number of halogens is 18. The van der Waals surface area contributed by atoms with Gasteiger partial charge in [-0.2, -0.15) is 52.7 Å². The van der Waals surface area contributed by atoms with Gasteiger partial charge in [0.1, 0.15) is 11.5 Å². The minimum Gasteiger partial charge on any atom is -0.426 e. The van der Waals surface area contributed by atoms with Crippen molar-refractivity contribution in [2.75, 3.05) is 115 Å². The molecule has 31 heteroatoms. The Hall–Kier alpha value is -4.59. The molecule has 4 aliphatic rings. The average molecular weight is 1050 g/mol.